The van der Waals surface area contributed by atoms with Crippen molar-refractivity contribution in [3.05, 3.63) is 233 Å². The quantitative estimate of drug-likeness (QED) is 0.119. The Bertz CT molecular complexity index is 2990. The maximum atomic E-state index is 2.65. The molecule has 286 valence electrons. The summed E-state index contributed by atoms with van der Waals surface area (Å²) in [5, 5.41) is 10.9. The van der Waals surface area contributed by atoms with Gasteiger partial charge in [-0.25, -0.2) is 0 Å². The summed E-state index contributed by atoms with van der Waals surface area (Å²) in [6.07, 6.45) is 11.8. The van der Waals surface area contributed by atoms with Gasteiger partial charge in [0, 0.05) is 30.0 Å². The largest absolute Gasteiger partial charge is 0.364 e. The van der Waals surface area contributed by atoms with E-state index in [-0.39, 0.29) is 5.92 Å². The fourth-order valence-corrected chi connectivity index (χ4v) is 10.9. The SMILES string of the molecule is CCN1c2ccc([C@@H](CCc3ccccc3)c3cccc4ccccc34)cc2C2C=C(C(CCc3ccc4ccc5cccc6ccc3c4c56)c3ccccc3)C=CC21. The molecule has 0 fully saturated rings. The zero-order chi connectivity index (χ0) is 39.3. The molecule has 9 aromatic rings. The number of aryl methyl sites for hydroxylation is 2. The number of benzene rings is 9. The van der Waals surface area contributed by atoms with Crippen LogP contribution in [0.1, 0.15) is 70.9 Å². The molecule has 0 aromatic heterocycles. The third kappa shape index (κ3) is 6.32. The first-order valence-electron chi connectivity index (χ1n) is 21.7. The van der Waals surface area contributed by atoms with Gasteiger partial charge in [-0.2, -0.15) is 0 Å². The van der Waals surface area contributed by atoms with Gasteiger partial charge < -0.3 is 4.90 Å². The number of hydrogen-bond acceptors (Lipinski definition) is 1. The van der Waals surface area contributed by atoms with Crippen molar-refractivity contribution in [2.45, 2.75) is 56.4 Å². The molecule has 3 unspecified atom stereocenters. The zero-order valence-corrected chi connectivity index (χ0v) is 33.8. The molecule has 2 aliphatic rings. The average molecular weight is 760 g/mol. The normalized spacial score (nSPS) is 17.1. The van der Waals surface area contributed by atoms with E-state index in [1.54, 1.807) is 0 Å². The number of hydrogen-bond donors (Lipinski definition) is 0. The van der Waals surface area contributed by atoms with Gasteiger partial charge >= 0.3 is 0 Å². The van der Waals surface area contributed by atoms with E-state index in [9.17, 15) is 0 Å². The lowest BCUT2D eigenvalue weighted by Crippen LogP contribution is -2.33. The van der Waals surface area contributed by atoms with Gasteiger partial charge in [0.05, 0.1) is 6.04 Å². The van der Waals surface area contributed by atoms with Gasteiger partial charge in [-0.1, -0.05) is 188 Å². The minimum Gasteiger partial charge on any atom is -0.364 e. The van der Waals surface area contributed by atoms with E-state index in [2.05, 4.69) is 206 Å². The molecule has 59 heavy (non-hydrogen) atoms. The van der Waals surface area contributed by atoms with Crippen LogP contribution in [0.4, 0.5) is 5.69 Å². The highest BCUT2D eigenvalue weighted by Crippen LogP contribution is 2.49. The number of anilines is 1. The second-order valence-corrected chi connectivity index (χ2v) is 16.9. The monoisotopic (exact) mass is 759 g/mol. The summed E-state index contributed by atoms with van der Waals surface area (Å²) in [6, 6.07) is 66.6. The Morgan fingerprint density at radius 2 is 1.20 bits per heavy atom. The Hall–Kier alpha value is -6.44. The summed E-state index contributed by atoms with van der Waals surface area (Å²) in [4.78, 5) is 2.63. The highest BCUT2D eigenvalue weighted by Gasteiger charge is 2.38. The summed E-state index contributed by atoms with van der Waals surface area (Å²) in [7, 11) is 0. The van der Waals surface area contributed by atoms with Crippen molar-refractivity contribution in [1.82, 2.24) is 0 Å². The molecule has 1 nitrogen and oxygen atoms in total. The van der Waals surface area contributed by atoms with Crippen molar-refractivity contribution < 1.29 is 0 Å². The molecule has 1 heteroatoms. The Kier molecular flexibility index (Phi) is 9.11. The van der Waals surface area contributed by atoms with E-state index in [1.165, 1.54) is 87.7 Å². The molecule has 4 atom stereocenters. The van der Waals surface area contributed by atoms with Gasteiger partial charge in [-0.15, -0.1) is 0 Å². The fourth-order valence-electron chi connectivity index (χ4n) is 10.9. The Balaban J connectivity index is 0.970. The molecule has 0 amide bonds. The highest BCUT2D eigenvalue weighted by atomic mass is 15.2. The molecule has 0 saturated heterocycles. The molecule has 1 aliphatic heterocycles. The van der Waals surface area contributed by atoms with Crippen LogP contribution in [0.25, 0.3) is 43.1 Å². The van der Waals surface area contributed by atoms with Crippen molar-refractivity contribution >= 4 is 48.8 Å². The predicted molar refractivity (Wildman–Crippen MR) is 251 cm³/mol. The van der Waals surface area contributed by atoms with E-state index < -0.39 is 0 Å². The third-order valence-corrected chi connectivity index (χ3v) is 13.7. The topological polar surface area (TPSA) is 3.24 Å². The fraction of sp³-hybridized carbons (Fsp3) is 0.172. The van der Waals surface area contributed by atoms with Crippen LogP contribution in [0.2, 0.25) is 0 Å². The average Bonchev–Trinajstić information content (AvgIpc) is 3.61. The molecule has 0 spiro atoms. The van der Waals surface area contributed by atoms with E-state index in [0.717, 1.165) is 32.2 Å². The maximum Gasteiger partial charge on any atom is 0.0580 e. The van der Waals surface area contributed by atoms with Gasteiger partial charge in [0.25, 0.3) is 0 Å². The minimum absolute atomic E-state index is 0.283. The molecule has 1 heterocycles. The maximum absolute atomic E-state index is 2.65. The van der Waals surface area contributed by atoms with Crippen molar-refractivity contribution in [3.63, 3.8) is 0 Å². The summed E-state index contributed by atoms with van der Waals surface area (Å²) < 4.78 is 0. The van der Waals surface area contributed by atoms with E-state index in [0.29, 0.717) is 17.9 Å². The van der Waals surface area contributed by atoms with Crippen molar-refractivity contribution in [2.75, 3.05) is 11.4 Å². The standard InChI is InChI=1S/C58H49N/c1-2-59-55-35-30-46(48(40-15-7-4-8-16-40)33-28-42-24-25-45-27-26-43-19-11-20-44-29-34-51(42)58(45)57(43)44)37-53(55)54-38-47(31-36-56(54)59)50(32-23-39-13-5-3-6-14-39)52-22-12-18-41-17-9-10-21-49(41)52/h3-22,24-27,29-31,34-38,48,50,53,55H,2,23,28,32-33H2,1H3/t48?,50-,53?,55?/m1/s1. The molecule has 1 aliphatic carbocycles. The van der Waals surface area contributed by atoms with Gasteiger partial charge in [-0.05, 0) is 121 Å². The van der Waals surface area contributed by atoms with Gasteiger partial charge in [0.1, 0.15) is 0 Å². The zero-order valence-electron chi connectivity index (χ0n) is 33.8. The van der Waals surface area contributed by atoms with Crippen LogP contribution < -0.4 is 4.90 Å². The first kappa shape index (κ1) is 35.7. The molecule has 0 N–H and O–H groups in total. The van der Waals surface area contributed by atoms with E-state index >= 15 is 0 Å². The van der Waals surface area contributed by atoms with Gasteiger partial charge in [0.15, 0.2) is 0 Å². The predicted octanol–water partition coefficient (Wildman–Crippen LogP) is 14.7. The number of allylic oxidation sites excluding steroid dienone is 2. The number of fused-ring (bicyclic) bond motifs is 4. The summed E-state index contributed by atoms with van der Waals surface area (Å²) in [6.45, 7) is 3.30. The van der Waals surface area contributed by atoms with Crippen molar-refractivity contribution in [3.8, 4) is 0 Å². The van der Waals surface area contributed by atoms with Crippen LogP contribution in [0, 0.1) is 0 Å². The van der Waals surface area contributed by atoms with Crippen LogP contribution in [0.3, 0.4) is 0 Å². The Morgan fingerprint density at radius 3 is 2.03 bits per heavy atom. The lowest BCUT2D eigenvalue weighted by molar-refractivity contribution is 0.656. The summed E-state index contributed by atoms with van der Waals surface area (Å²) >= 11 is 0. The van der Waals surface area contributed by atoms with E-state index in [4.69, 9.17) is 0 Å². The smallest absolute Gasteiger partial charge is 0.0580 e. The Labute approximate surface area is 348 Å². The number of nitrogens with zero attached hydrogens (tertiary/aromatic N) is 1. The molecular formula is C58H49N. The van der Waals surface area contributed by atoms with Crippen LogP contribution in [0.15, 0.2) is 200 Å². The molecule has 11 rings (SSSR count). The molecule has 0 saturated carbocycles. The lowest BCUT2D eigenvalue weighted by Gasteiger charge is -2.30. The number of likely N-dealkylation sites (N-methyl/N-ethyl adjacent to an activating group) is 1. The molecule has 9 aromatic carbocycles. The second kappa shape index (κ2) is 15.1. The number of rotatable bonds is 11. The highest BCUT2D eigenvalue weighted by molar-refractivity contribution is 6.23. The van der Waals surface area contributed by atoms with Gasteiger partial charge in [0.2, 0.25) is 0 Å². The molecule has 0 radical (unpaired) electrons. The van der Waals surface area contributed by atoms with E-state index in [1.807, 2.05) is 0 Å². The van der Waals surface area contributed by atoms with Crippen molar-refractivity contribution in [1.29, 1.82) is 0 Å². The van der Waals surface area contributed by atoms with Crippen LogP contribution in [-0.4, -0.2) is 12.6 Å². The Morgan fingerprint density at radius 1 is 0.525 bits per heavy atom. The second-order valence-electron chi connectivity index (χ2n) is 16.9. The van der Waals surface area contributed by atoms with Gasteiger partial charge in [-0.3, -0.25) is 0 Å². The summed E-state index contributed by atoms with van der Waals surface area (Å²) in [5.74, 6) is 0.877. The third-order valence-electron chi connectivity index (χ3n) is 13.7. The van der Waals surface area contributed by atoms with Crippen LogP contribution in [-0.2, 0) is 12.8 Å². The summed E-state index contributed by atoms with van der Waals surface area (Å²) in [5.41, 5.74) is 11.4. The first-order valence-corrected chi connectivity index (χ1v) is 21.7. The lowest BCUT2D eigenvalue weighted by atomic mass is 9.78. The minimum atomic E-state index is 0.283. The first-order chi connectivity index (χ1) is 29.2. The molecule has 0 bridgehead atoms. The van der Waals surface area contributed by atoms with Crippen molar-refractivity contribution in [2.24, 2.45) is 0 Å². The van der Waals surface area contributed by atoms with Crippen LogP contribution in [0.5, 0.6) is 0 Å². The molecular weight excluding hydrogens is 711 g/mol. The van der Waals surface area contributed by atoms with Crippen LogP contribution >= 0.6 is 0 Å².